The summed E-state index contributed by atoms with van der Waals surface area (Å²) in [5, 5.41) is 132. The van der Waals surface area contributed by atoms with Gasteiger partial charge in [0.1, 0.15) is 110 Å². The first-order valence-electron chi connectivity index (χ1n) is 20.4. The topological polar surface area (TPSA) is 404 Å². The third-order valence-electron chi connectivity index (χ3n) is 11.0. The van der Waals surface area contributed by atoms with E-state index in [1.807, 2.05) is 0 Å². The maximum Gasteiger partial charge on any atom is 0.269 e. The number of hydrogen-bond donors (Lipinski definition) is 13. The number of benzene rings is 1. The lowest BCUT2D eigenvalue weighted by Gasteiger charge is -2.49. The fraction of sp³-hybridized carbons (Fsp3) is 0.811. The Balaban J connectivity index is 1.31. The number of nitrogens with one attached hydrogen (secondary N) is 1. The zero-order chi connectivity index (χ0) is 46.1. The van der Waals surface area contributed by atoms with E-state index < -0.39 is 160 Å². The van der Waals surface area contributed by atoms with Gasteiger partial charge in [-0.1, -0.05) is 0 Å². The van der Waals surface area contributed by atoms with Gasteiger partial charge in [-0.15, -0.1) is 0 Å². The molecule has 1 amide bonds. The van der Waals surface area contributed by atoms with Crippen LogP contribution in [0.4, 0.5) is 5.69 Å². The standard InChI is InChI=1S/C37H59N3O23/c1-15(44)39-22-25(47)23(45)18(11-41)57-34(22)63-33-24(46)19(12-42)58-37(30(33)52)61-31-20(13-43)59-36(29(51)27(31)49)62-32-21(14-56-17-7-5-16(6-8-17)40(53)54)60-35(28(50)26(32)48)55-10-4-2-3-9-38/h5-8,18-37,41-43,45-52H,2-4,9-14,38H2,1H3,(H,39,44). The van der Waals surface area contributed by atoms with E-state index >= 15 is 0 Å². The minimum absolute atomic E-state index is 0.111. The van der Waals surface area contributed by atoms with E-state index in [1.54, 1.807) is 0 Å². The van der Waals surface area contributed by atoms with Crippen molar-refractivity contribution in [3.05, 3.63) is 34.4 Å². The molecule has 4 aliphatic heterocycles. The van der Waals surface area contributed by atoms with Gasteiger partial charge in [0.25, 0.3) is 5.69 Å². The summed E-state index contributed by atoms with van der Waals surface area (Å²) in [4.78, 5) is 22.5. The summed E-state index contributed by atoms with van der Waals surface area (Å²) in [5.74, 6) is -0.556. The number of aliphatic hydroxyl groups excluding tert-OH is 11. The minimum Gasteiger partial charge on any atom is -0.491 e. The van der Waals surface area contributed by atoms with Gasteiger partial charge < -0.3 is 110 Å². The van der Waals surface area contributed by atoms with Crippen LogP contribution < -0.4 is 15.8 Å². The fourth-order valence-corrected chi connectivity index (χ4v) is 7.52. The second-order valence-electron chi connectivity index (χ2n) is 15.5. The van der Waals surface area contributed by atoms with Crippen molar-refractivity contribution in [3.8, 4) is 5.75 Å². The van der Waals surface area contributed by atoms with Gasteiger partial charge in [-0.2, -0.15) is 0 Å². The molecule has 0 aromatic heterocycles. The van der Waals surface area contributed by atoms with Crippen LogP contribution >= 0.6 is 0 Å². The highest BCUT2D eigenvalue weighted by molar-refractivity contribution is 5.73. The number of nitro groups is 1. The van der Waals surface area contributed by atoms with E-state index in [9.17, 15) is 71.1 Å². The Morgan fingerprint density at radius 3 is 1.76 bits per heavy atom. The van der Waals surface area contributed by atoms with Crippen molar-refractivity contribution >= 4 is 11.6 Å². The molecule has 1 aromatic rings. The molecule has 0 aliphatic carbocycles. The zero-order valence-corrected chi connectivity index (χ0v) is 34.1. The number of non-ortho nitro benzene ring substituents is 1. The second kappa shape index (κ2) is 23.5. The lowest BCUT2D eigenvalue weighted by atomic mass is 9.95. The molecule has 1 aromatic carbocycles. The van der Waals surface area contributed by atoms with Crippen LogP contribution in [0, 0.1) is 10.1 Å². The largest absolute Gasteiger partial charge is 0.491 e. The summed E-state index contributed by atoms with van der Waals surface area (Å²) in [7, 11) is 0. The van der Waals surface area contributed by atoms with Gasteiger partial charge in [-0.05, 0) is 37.9 Å². The minimum atomic E-state index is -2.07. The number of nitrogens with zero attached hydrogens (tertiary/aromatic N) is 1. The van der Waals surface area contributed by atoms with Crippen LogP contribution in [-0.2, 0) is 42.7 Å². The van der Waals surface area contributed by atoms with Crippen molar-refractivity contribution in [2.45, 2.75) is 149 Å². The monoisotopic (exact) mass is 913 g/mol. The summed E-state index contributed by atoms with van der Waals surface area (Å²) in [6.45, 7) is -1.44. The smallest absolute Gasteiger partial charge is 0.269 e. The number of carbonyl (C=O) groups is 1. The van der Waals surface area contributed by atoms with Crippen molar-refractivity contribution in [2.24, 2.45) is 5.73 Å². The van der Waals surface area contributed by atoms with Crippen molar-refractivity contribution in [1.82, 2.24) is 5.32 Å². The third-order valence-corrected chi connectivity index (χ3v) is 11.0. The summed E-state index contributed by atoms with van der Waals surface area (Å²) in [5.41, 5.74) is 5.33. The molecule has 14 N–H and O–H groups in total. The summed E-state index contributed by atoms with van der Waals surface area (Å²) in [6, 6.07) is 3.48. The first-order valence-corrected chi connectivity index (χ1v) is 20.4. The maximum absolute atomic E-state index is 12.0. The van der Waals surface area contributed by atoms with Crippen molar-refractivity contribution in [3.63, 3.8) is 0 Å². The number of rotatable bonds is 20. The molecule has 63 heavy (non-hydrogen) atoms. The number of hydrogen-bond acceptors (Lipinski definition) is 24. The Labute approximate surface area is 359 Å². The van der Waals surface area contributed by atoms with E-state index in [1.165, 1.54) is 24.3 Å². The van der Waals surface area contributed by atoms with Crippen LogP contribution in [0.5, 0.6) is 5.75 Å². The molecule has 4 heterocycles. The number of nitro benzene ring substituents is 1. The molecular formula is C37H59N3O23. The van der Waals surface area contributed by atoms with Gasteiger partial charge >= 0.3 is 0 Å². The molecule has 4 fully saturated rings. The predicted octanol–water partition coefficient (Wildman–Crippen LogP) is -6.46. The van der Waals surface area contributed by atoms with Gasteiger partial charge in [0.15, 0.2) is 25.2 Å². The van der Waals surface area contributed by atoms with Crippen LogP contribution in [0.15, 0.2) is 24.3 Å². The molecule has 4 aliphatic rings. The van der Waals surface area contributed by atoms with Crippen LogP contribution in [0.3, 0.4) is 0 Å². The average molecular weight is 914 g/mol. The number of aliphatic hydroxyl groups is 11. The highest BCUT2D eigenvalue weighted by atomic mass is 16.8. The lowest BCUT2D eigenvalue weighted by molar-refractivity contribution is -0.386. The van der Waals surface area contributed by atoms with Crippen LogP contribution in [-0.4, -0.2) is 229 Å². The second-order valence-corrected chi connectivity index (χ2v) is 15.5. The summed E-state index contributed by atoms with van der Waals surface area (Å²) in [6.07, 6.45) is -31.2. The maximum atomic E-state index is 12.0. The molecule has 360 valence electrons. The summed E-state index contributed by atoms with van der Waals surface area (Å²) < 4.78 is 51.9. The predicted molar refractivity (Wildman–Crippen MR) is 204 cm³/mol. The van der Waals surface area contributed by atoms with E-state index in [0.29, 0.717) is 19.4 Å². The molecule has 26 heteroatoms. The molecule has 0 bridgehead atoms. The van der Waals surface area contributed by atoms with E-state index in [2.05, 4.69) is 5.32 Å². The normalized spacial score (nSPS) is 40.9. The molecule has 20 atom stereocenters. The van der Waals surface area contributed by atoms with Gasteiger partial charge in [-0.3, -0.25) is 14.9 Å². The average Bonchev–Trinajstić information content (AvgIpc) is 3.26. The zero-order valence-electron chi connectivity index (χ0n) is 34.1. The summed E-state index contributed by atoms with van der Waals surface area (Å²) >= 11 is 0. The first kappa shape index (κ1) is 51.1. The molecule has 0 spiro atoms. The highest BCUT2D eigenvalue weighted by Gasteiger charge is 2.55. The highest BCUT2D eigenvalue weighted by Crippen LogP contribution is 2.35. The Morgan fingerprint density at radius 1 is 0.651 bits per heavy atom. The van der Waals surface area contributed by atoms with E-state index in [4.69, 9.17) is 48.4 Å². The molecule has 20 unspecified atom stereocenters. The van der Waals surface area contributed by atoms with Gasteiger partial charge in [0.2, 0.25) is 5.91 Å². The Kier molecular flexibility index (Phi) is 19.1. The number of nitrogens with two attached hydrogens (primary N) is 1. The lowest BCUT2D eigenvalue weighted by Crippen LogP contribution is -2.69. The van der Waals surface area contributed by atoms with Crippen molar-refractivity contribution in [1.29, 1.82) is 0 Å². The van der Waals surface area contributed by atoms with Crippen LogP contribution in [0.25, 0.3) is 0 Å². The van der Waals surface area contributed by atoms with Crippen LogP contribution in [0.1, 0.15) is 26.2 Å². The van der Waals surface area contributed by atoms with Crippen molar-refractivity contribution < 1.29 is 109 Å². The van der Waals surface area contributed by atoms with Gasteiger partial charge in [-0.25, -0.2) is 0 Å². The first-order chi connectivity index (χ1) is 30.0. The number of carbonyl (C=O) groups excluding carboxylic acids is 1. The van der Waals surface area contributed by atoms with Gasteiger partial charge in [0, 0.05) is 25.7 Å². The van der Waals surface area contributed by atoms with Crippen molar-refractivity contribution in [2.75, 3.05) is 39.6 Å². The van der Waals surface area contributed by atoms with Gasteiger partial charge in [0.05, 0.1) is 24.7 Å². The molecule has 0 saturated carbocycles. The SMILES string of the molecule is CC(=O)NC1C(OC2C(O)C(CO)OC(OC3C(CO)OC(OC4C(COc5ccc([N+](=O)[O-])cc5)OC(OCCCCCN)C(O)C4O)C(O)C3O)C2O)OC(CO)C(O)C1O. The molecule has 5 rings (SSSR count). The molecule has 0 radical (unpaired) electrons. The number of amides is 1. The van der Waals surface area contributed by atoms with E-state index in [0.717, 1.165) is 13.3 Å². The Bertz CT molecular complexity index is 1570. The number of ether oxygens (including phenoxy) is 9. The molecular weight excluding hydrogens is 854 g/mol. The van der Waals surface area contributed by atoms with Crippen LogP contribution in [0.2, 0.25) is 0 Å². The Morgan fingerprint density at radius 2 is 1.17 bits per heavy atom. The quantitative estimate of drug-likeness (QED) is 0.0329. The molecule has 4 saturated heterocycles. The number of unbranched alkanes of at least 4 members (excludes halogenated alkanes) is 2. The van der Waals surface area contributed by atoms with E-state index in [-0.39, 0.29) is 18.0 Å². The fourth-order valence-electron chi connectivity index (χ4n) is 7.52. The third kappa shape index (κ3) is 12.3. The molecule has 26 nitrogen and oxygen atoms in total. The Hall–Kier alpha value is -2.91.